The van der Waals surface area contributed by atoms with E-state index >= 15 is 0 Å². The van der Waals surface area contributed by atoms with Crippen LogP contribution < -0.4 is 26.1 Å². The van der Waals surface area contributed by atoms with Gasteiger partial charge in [-0.1, -0.05) is 0 Å². The van der Waals surface area contributed by atoms with Gasteiger partial charge in [-0.15, -0.1) is 0 Å². The molecule has 0 N–H and O–H groups in total. The van der Waals surface area contributed by atoms with Gasteiger partial charge >= 0.3 is 194 Å². The van der Waals surface area contributed by atoms with Crippen LogP contribution in [0.15, 0.2) is 60.9 Å². The average Bonchev–Trinajstić information content (AvgIpc) is 3.57. The zero-order valence-corrected chi connectivity index (χ0v) is 19.9. The molecule has 0 radical (unpaired) electrons. The number of carbonyl (C=O) groups excluding carboxylic acids is 1. The second-order valence-corrected chi connectivity index (χ2v) is 11.6. The molecule has 7 heteroatoms. The molecule has 1 aliphatic carbocycles. The molecule has 1 aromatic heterocycles. The fourth-order valence-electron chi connectivity index (χ4n) is 4.61. The first-order chi connectivity index (χ1) is 15.7. The number of hydrogen-bond donors (Lipinski definition) is 0. The molecule has 164 valence electrons. The number of rotatable bonds is 4. The monoisotopic (exact) mass is 539 g/mol. The molecule has 1 saturated carbocycles. The summed E-state index contributed by atoms with van der Waals surface area (Å²) in [4.78, 5) is 26.6. The van der Waals surface area contributed by atoms with Crippen molar-refractivity contribution in [2.24, 2.45) is 0 Å². The Morgan fingerprint density at radius 2 is 1.72 bits per heavy atom. The van der Waals surface area contributed by atoms with E-state index in [9.17, 15) is 4.79 Å². The number of nitrogens with zero attached hydrogens (tertiary/aromatic N) is 4. The van der Waals surface area contributed by atoms with Crippen LogP contribution in [0, 0.1) is 7.14 Å². The van der Waals surface area contributed by atoms with Gasteiger partial charge < -0.3 is 4.74 Å². The molecule has 0 atom stereocenters. The summed E-state index contributed by atoms with van der Waals surface area (Å²) in [5, 5.41) is 0. The third-order valence-corrected chi connectivity index (χ3v) is 9.04. The van der Waals surface area contributed by atoms with E-state index in [1.165, 1.54) is 25.5 Å². The number of carbonyl (C=O) groups is 1. The summed E-state index contributed by atoms with van der Waals surface area (Å²) >= 11 is -0.284. The van der Waals surface area contributed by atoms with Crippen LogP contribution in [0.25, 0.3) is 0 Å². The molecule has 1 saturated heterocycles. The maximum absolute atomic E-state index is 13.1. The number of halogens is 1. The third-order valence-electron chi connectivity index (χ3n) is 6.52. The van der Waals surface area contributed by atoms with Crippen LogP contribution in [-0.2, 0) is 10.2 Å². The number of aromatic nitrogens is 2. The number of morpholine rings is 1. The van der Waals surface area contributed by atoms with E-state index in [0.717, 1.165) is 23.7 Å². The number of ether oxygens (including phenoxy) is 1. The zero-order chi connectivity index (χ0) is 21.5. The predicted molar refractivity (Wildman–Crippen MR) is 117 cm³/mol. The van der Waals surface area contributed by atoms with Gasteiger partial charge in [0.2, 0.25) is 0 Å². The number of fused-ring (bicyclic) bond motifs is 2. The van der Waals surface area contributed by atoms with Gasteiger partial charge in [0.05, 0.1) is 0 Å². The Kier molecular flexibility index (Phi) is 5.10. The van der Waals surface area contributed by atoms with Crippen LogP contribution in [0.1, 0.15) is 28.8 Å². The van der Waals surface area contributed by atoms with Crippen molar-refractivity contribution in [1.82, 2.24) is 14.9 Å². The minimum atomic E-state index is -0.284. The Bertz CT molecular complexity index is 1140. The van der Waals surface area contributed by atoms with Crippen LogP contribution in [0.4, 0.5) is 11.6 Å². The summed E-state index contributed by atoms with van der Waals surface area (Å²) < 4.78 is 7.96. The van der Waals surface area contributed by atoms with Crippen molar-refractivity contribution < 1.29 is 30.7 Å². The number of hydrogen-bond acceptors (Lipinski definition) is 5. The van der Waals surface area contributed by atoms with Crippen molar-refractivity contribution >= 4 is 17.5 Å². The van der Waals surface area contributed by atoms with Crippen molar-refractivity contribution in [3.63, 3.8) is 0 Å². The molecule has 2 aliphatic heterocycles. The van der Waals surface area contributed by atoms with Crippen LogP contribution in [0.3, 0.4) is 0 Å². The van der Waals surface area contributed by atoms with Gasteiger partial charge in [0.25, 0.3) is 0 Å². The van der Waals surface area contributed by atoms with E-state index in [0.29, 0.717) is 26.3 Å². The van der Waals surface area contributed by atoms with Gasteiger partial charge in [-0.25, -0.2) is 0 Å². The van der Waals surface area contributed by atoms with Crippen LogP contribution in [0.5, 0.6) is 0 Å². The summed E-state index contributed by atoms with van der Waals surface area (Å²) in [5.41, 5.74) is 3.36. The second-order valence-electron chi connectivity index (χ2n) is 8.59. The van der Waals surface area contributed by atoms with Gasteiger partial charge in [-0.3, -0.25) is 0 Å². The van der Waals surface area contributed by atoms with Crippen molar-refractivity contribution in [2.75, 3.05) is 37.7 Å². The SMILES string of the molecule is O=C(c1ccc2c(c1)N(c1ncc([I-]c3ccccc3)cn1)CC21CC1)N1CCOCC1. The van der Waals surface area contributed by atoms with Crippen LogP contribution >= 0.6 is 0 Å². The minimum absolute atomic E-state index is 0.0803. The molecule has 32 heavy (non-hydrogen) atoms. The first-order valence-corrected chi connectivity index (χ1v) is 13.2. The van der Waals surface area contributed by atoms with Gasteiger partial charge in [-0.05, 0) is 0 Å². The Balaban J connectivity index is 1.28. The van der Waals surface area contributed by atoms with Gasteiger partial charge in [-0.2, -0.15) is 0 Å². The van der Waals surface area contributed by atoms with Crippen LogP contribution in [-0.4, -0.2) is 53.6 Å². The van der Waals surface area contributed by atoms with E-state index < -0.39 is 0 Å². The first-order valence-electron chi connectivity index (χ1n) is 11.0. The summed E-state index contributed by atoms with van der Waals surface area (Å²) in [6.07, 6.45) is 6.32. The Labute approximate surface area is 197 Å². The average molecular weight is 539 g/mol. The standard InChI is InChI=1S/C25H24IN4O2/c31-23(29-10-12-32-13-11-29)18-6-7-21-22(14-18)30(17-25(21)8-9-25)24-27-15-20(16-28-24)26-19-4-2-1-3-5-19/h1-7,14-16H,8-13,17H2/q-1. The van der Waals surface area contributed by atoms with Gasteiger partial charge in [0.15, 0.2) is 0 Å². The number of amides is 1. The second kappa shape index (κ2) is 8.12. The molecule has 0 unspecified atom stereocenters. The topological polar surface area (TPSA) is 58.6 Å². The molecular weight excluding hydrogens is 515 g/mol. The third kappa shape index (κ3) is 3.67. The molecule has 6 nitrogen and oxygen atoms in total. The summed E-state index contributed by atoms with van der Waals surface area (Å²) in [6.45, 7) is 3.41. The fraction of sp³-hybridized carbons (Fsp3) is 0.320. The van der Waals surface area contributed by atoms with Crippen molar-refractivity contribution in [1.29, 1.82) is 0 Å². The quantitative estimate of drug-likeness (QED) is 0.446. The molecule has 2 fully saturated rings. The summed E-state index contributed by atoms with van der Waals surface area (Å²) in [5.74, 6) is 0.809. The molecule has 3 heterocycles. The first kappa shape index (κ1) is 20.1. The molecule has 3 aliphatic rings. The normalized spacial score (nSPS) is 18.8. The van der Waals surface area contributed by atoms with E-state index in [1.807, 2.05) is 35.5 Å². The fourth-order valence-corrected chi connectivity index (χ4v) is 6.66. The molecule has 1 spiro atoms. The Hall–Kier alpha value is -2.52. The Morgan fingerprint density at radius 3 is 2.44 bits per heavy atom. The van der Waals surface area contributed by atoms with Gasteiger partial charge in [0.1, 0.15) is 0 Å². The molecule has 6 rings (SSSR count). The summed E-state index contributed by atoms with van der Waals surface area (Å²) in [7, 11) is 0. The zero-order valence-electron chi connectivity index (χ0n) is 17.7. The summed E-state index contributed by atoms with van der Waals surface area (Å²) in [6, 6.07) is 16.7. The van der Waals surface area contributed by atoms with E-state index in [4.69, 9.17) is 14.7 Å². The van der Waals surface area contributed by atoms with Gasteiger partial charge in [0, 0.05) is 0 Å². The number of benzene rings is 2. The predicted octanol–water partition coefficient (Wildman–Crippen LogP) is 0.261. The van der Waals surface area contributed by atoms with E-state index in [1.54, 1.807) is 0 Å². The maximum atomic E-state index is 13.1. The van der Waals surface area contributed by atoms with Crippen LogP contribution in [0.2, 0.25) is 0 Å². The molecule has 3 aromatic rings. The number of anilines is 2. The van der Waals surface area contributed by atoms with E-state index in [2.05, 4.69) is 35.2 Å². The molecular formula is C25H24IN4O2-. The Morgan fingerprint density at radius 1 is 0.969 bits per heavy atom. The molecule has 2 aromatic carbocycles. The van der Waals surface area contributed by atoms with Crippen molar-refractivity contribution in [2.45, 2.75) is 18.3 Å². The van der Waals surface area contributed by atoms with E-state index in [-0.39, 0.29) is 32.5 Å². The molecule has 1 amide bonds. The molecule has 0 bridgehead atoms. The van der Waals surface area contributed by atoms with Crippen molar-refractivity contribution in [3.05, 3.63) is 79.2 Å². The van der Waals surface area contributed by atoms with Crippen molar-refractivity contribution in [3.8, 4) is 0 Å².